The van der Waals surface area contributed by atoms with E-state index in [0.29, 0.717) is 6.42 Å². The minimum absolute atomic E-state index is 0.0633. The number of hydrogen-bond donors (Lipinski definition) is 0. The number of nitrogens with zero attached hydrogens (tertiary/aromatic N) is 3. The van der Waals surface area contributed by atoms with Crippen molar-refractivity contribution in [3.05, 3.63) is 0 Å². The normalized spacial score (nSPS) is 21.1. The number of hydrogen-bond acceptors (Lipinski definition) is 3. The Morgan fingerprint density at radius 1 is 1.33 bits per heavy atom. The van der Waals surface area contributed by atoms with Crippen LogP contribution in [0.5, 0.6) is 0 Å². The van der Waals surface area contributed by atoms with Crippen LogP contribution in [-0.4, -0.2) is 55.2 Å². The third-order valence-corrected chi connectivity index (χ3v) is 2.99. The molecule has 0 amide bonds. The van der Waals surface area contributed by atoms with Crippen molar-refractivity contribution in [3.63, 3.8) is 0 Å². The first-order valence-electron chi connectivity index (χ1n) is 5.73. The molecule has 0 aliphatic carbocycles. The highest BCUT2D eigenvalue weighted by Gasteiger charge is 2.21. The van der Waals surface area contributed by atoms with Crippen molar-refractivity contribution >= 4 is 0 Å². The summed E-state index contributed by atoms with van der Waals surface area (Å²) in [6.07, 6.45) is 1.52. The summed E-state index contributed by atoms with van der Waals surface area (Å²) in [5.41, 5.74) is 0. The highest BCUT2D eigenvalue weighted by atomic mass is 19.1. The van der Waals surface area contributed by atoms with E-state index in [1.165, 1.54) is 0 Å². The Bertz CT molecular complexity index is 206. The van der Waals surface area contributed by atoms with Crippen LogP contribution in [0.3, 0.4) is 0 Å². The van der Waals surface area contributed by atoms with Gasteiger partial charge in [-0.05, 0) is 12.8 Å². The highest BCUT2D eigenvalue weighted by molar-refractivity contribution is 4.92. The molecule has 86 valence electrons. The van der Waals surface area contributed by atoms with E-state index in [4.69, 9.17) is 5.26 Å². The molecule has 0 aromatic heterocycles. The fraction of sp³-hybridized carbons (Fsp3) is 0.909. The Labute approximate surface area is 91.5 Å². The first-order chi connectivity index (χ1) is 7.31. The van der Waals surface area contributed by atoms with Gasteiger partial charge < -0.3 is 4.90 Å². The summed E-state index contributed by atoms with van der Waals surface area (Å²) in [5, 5.41) is 8.93. The van der Waals surface area contributed by atoms with E-state index in [9.17, 15) is 4.39 Å². The third-order valence-electron chi connectivity index (χ3n) is 2.99. The van der Waals surface area contributed by atoms with Crippen molar-refractivity contribution in [2.75, 3.05) is 39.4 Å². The molecule has 1 atom stereocenters. The molecule has 0 radical (unpaired) electrons. The second-order valence-corrected chi connectivity index (χ2v) is 3.97. The predicted molar refractivity (Wildman–Crippen MR) is 58.3 cm³/mol. The van der Waals surface area contributed by atoms with E-state index in [0.717, 1.165) is 39.1 Å². The van der Waals surface area contributed by atoms with Crippen LogP contribution >= 0.6 is 0 Å². The zero-order valence-electron chi connectivity index (χ0n) is 9.45. The number of halogens is 1. The molecule has 0 bridgehead atoms. The van der Waals surface area contributed by atoms with Gasteiger partial charge in [-0.25, -0.2) is 0 Å². The van der Waals surface area contributed by atoms with Gasteiger partial charge in [-0.2, -0.15) is 5.26 Å². The van der Waals surface area contributed by atoms with Crippen LogP contribution < -0.4 is 0 Å². The van der Waals surface area contributed by atoms with Crippen LogP contribution in [0, 0.1) is 11.3 Å². The van der Waals surface area contributed by atoms with Gasteiger partial charge in [0.05, 0.1) is 18.8 Å². The van der Waals surface area contributed by atoms with Crippen molar-refractivity contribution in [1.82, 2.24) is 9.80 Å². The Morgan fingerprint density at radius 3 is 2.47 bits per heavy atom. The molecule has 0 aromatic carbocycles. The third kappa shape index (κ3) is 3.77. The number of alkyl halides is 1. The fourth-order valence-electron chi connectivity index (χ4n) is 2.01. The highest BCUT2D eigenvalue weighted by Crippen LogP contribution is 2.08. The summed E-state index contributed by atoms with van der Waals surface area (Å²) in [5.74, 6) is 0. The quantitative estimate of drug-likeness (QED) is 0.689. The molecule has 0 N–H and O–H groups in total. The minimum Gasteiger partial charge on any atom is -0.301 e. The van der Waals surface area contributed by atoms with Crippen molar-refractivity contribution in [2.24, 2.45) is 0 Å². The molecular weight excluding hydrogens is 193 g/mol. The van der Waals surface area contributed by atoms with Gasteiger partial charge in [0.15, 0.2) is 0 Å². The van der Waals surface area contributed by atoms with E-state index in [1.807, 2.05) is 6.92 Å². The minimum atomic E-state index is -0.226. The summed E-state index contributed by atoms with van der Waals surface area (Å²) in [7, 11) is 0. The summed E-state index contributed by atoms with van der Waals surface area (Å²) in [4.78, 5) is 4.51. The van der Waals surface area contributed by atoms with Crippen LogP contribution in [0.4, 0.5) is 4.39 Å². The molecule has 1 aliphatic heterocycles. The van der Waals surface area contributed by atoms with E-state index in [-0.39, 0.29) is 12.7 Å². The van der Waals surface area contributed by atoms with Gasteiger partial charge in [0.2, 0.25) is 0 Å². The lowest BCUT2D eigenvalue weighted by Gasteiger charge is -2.36. The van der Waals surface area contributed by atoms with Gasteiger partial charge in [-0.3, -0.25) is 9.29 Å². The Balaban J connectivity index is 2.26. The maximum atomic E-state index is 12.0. The van der Waals surface area contributed by atoms with Gasteiger partial charge in [-0.1, -0.05) is 6.92 Å². The second kappa shape index (κ2) is 6.76. The SMILES string of the molecule is CCC(C#N)N1CCN(CCCF)CC1. The van der Waals surface area contributed by atoms with Crippen LogP contribution in [0.25, 0.3) is 0 Å². The lowest BCUT2D eigenvalue weighted by molar-refractivity contribution is 0.110. The topological polar surface area (TPSA) is 30.3 Å². The first-order valence-corrected chi connectivity index (χ1v) is 5.73. The van der Waals surface area contributed by atoms with Crippen molar-refractivity contribution < 1.29 is 4.39 Å². The Morgan fingerprint density at radius 2 is 2.00 bits per heavy atom. The molecule has 1 unspecified atom stereocenters. The molecule has 3 nitrogen and oxygen atoms in total. The molecule has 1 heterocycles. The van der Waals surface area contributed by atoms with Crippen LogP contribution in [0.2, 0.25) is 0 Å². The van der Waals surface area contributed by atoms with Crippen molar-refractivity contribution in [3.8, 4) is 6.07 Å². The molecule has 1 rings (SSSR count). The molecule has 15 heavy (non-hydrogen) atoms. The second-order valence-electron chi connectivity index (χ2n) is 3.97. The smallest absolute Gasteiger partial charge is 0.0976 e. The standard InChI is InChI=1S/C11H20FN3/c1-2-11(10-13)15-8-6-14(7-9-15)5-3-4-12/h11H,2-9H2,1H3. The molecule has 0 aromatic rings. The average Bonchev–Trinajstić information content (AvgIpc) is 2.29. The maximum Gasteiger partial charge on any atom is 0.0976 e. The van der Waals surface area contributed by atoms with Crippen LogP contribution in [0.15, 0.2) is 0 Å². The van der Waals surface area contributed by atoms with E-state index >= 15 is 0 Å². The van der Waals surface area contributed by atoms with Crippen molar-refractivity contribution in [2.45, 2.75) is 25.8 Å². The summed E-state index contributed by atoms with van der Waals surface area (Å²) < 4.78 is 12.0. The number of rotatable bonds is 5. The zero-order chi connectivity index (χ0) is 11.1. The summed E-state index contributed by atoms with van der Waals surface area (Å²) >= 11 is 0. The van der Waals surface area contributed by atoms with Gasteiger partial charge in [0.25, 0.3) is 0 Å². The van der Waals surface area contributed by atoms with Gasteiger partial charge >= 0.3 is 0 Å². The first kappa shape index (κ1) is 12.4. The fourth-order valence-corrected chi connectivity index (χ4v) is 2.01. The molecular formula is C11H20FN3. The zero-order valence-corrected chi connectivity index (χ0v) is 9.45. The van der Waals surface area contributed by atoms with E-state index in [2.05, 4.69) is 15.9 Å². The Hall–Kier alpha value is -0.660. The average molecular weight is 213 g/mol. The number of piperazine rings is 1. The molecule has 0 saturated carbocycles. The maximum absolute atomic E-state index is 12.0. The van der Waals surface area contributed by atoms with Gasteiger partial charge in [-0.15, -0.1) is 0 Å². The largest absolute Gasteiger partial charge is 0.301 e. The summed E-state index contributed by atoms with van der Waals surface area (Å²) in [6.45, 7) is 6.50. The van der Waals surface area contributed by atoms with Gasteiger partial charge in [0, 0.05) is 32.7 Å². The summed E-state index contributed by atoms with van der Waals surface area (Å²) in [6, 6.07) is 2.39. The lowest BCUT2D eigenvalue weighted by Crippen LogP contribution is -2.50. The molecule has 1 saturated heterocycles. The van der Waals surface area contributed by atoms with Crippen molar-refractivity contribution in [1.29, 1.82) is 5.26 Å². The lowest BCUT2D eigenvalue weighted by atomic mass is 10.2. The predicted octanol–water partition coefficient (Wildman–Crippen LogP) is 1.27. The molecule has 1 fully saturated rings. The molecule has 1 aliphatic rings. The number of nitriles is 1. The monoisotopic (exact) mass is 213 g/mol. The van der Waals surface area contributed by atoms with Gasteiger partial charge in [0.1, 0.15) is 0 Å². The molecule has 0 spiro atoms. The Kier molecular flexibility index (Phi) is 5.59. The molecule has 4 heteroatoms. The van der Waals surface area contributed by atoms with E-state index in [1.54, 1.807) is 0 Å². The van der Waals surface area contributed by atoms with Crippen LogP contribution in [-0.2, 0) is 0 Å². The van der Waals surface area contributed by atoms with E-state index < -0.39 is 0 Å². The van der Waals surface area contributed by atoms with Crippen LogP contribution in [0.1, 0.15) is 19.8 Å².